The average molecular weight is 538 g/mol. The highest BCUT2D eigenvalue weighted by molar-refractivity contribution is 5.37. The van der Waals surface area contributed by atoms with Crippen molar-refractivity contribution in [2.45, 2.75) is 71.4 Å². The van der Waals surface area contributed by atoms with Gasteiger partial charge in [-0.3, -0.25) is 0 Å². The first kappa shape index (κ1) is 31.1. The Morgan fingerprint density at radius 1 is 0.690 bits per heavy atom. The Hall–Kier alpha value is -0.100. The minimum absolute atomic E-state index is 0. The van der Waals surface area contributed by atoms with Gasteiger partial charge in [-0.05, 0) is 18.6 Å². The minimum atomic E-state index is 0. The van der Waals surface area contributed by atoms with Gasteiger partial charge in [0.2, 0.25) is 0 Å². The van der Waals surface area contributed by atoms with Gasteiger partial charge in [0, 0.05) is 11.1 Å². The molecule has 1 rings (SSSR count). The standard InChI is InChI=1S/C24H46N2O.2BrH/c1-8-9-10-11-12-13-14-15-18-27-24-19-22(20-25(2,3)4)16-17-23(24)21-26(5,6)7;;/h16-17,19H,8-15,18,20-21H2,1-7H3;2*1H/q+2;;/p-2. The van der Waals surface area contributed by atoms with E-state index < -0.39 is 0 Å². The van der Waals surface area contributed by atoms with E-state index in [1.165, 1.54) is 56.1 Å². The van der Waals surface area contributed by atoms with Gasteiger partial charge < -0.3 is 47.7 Å². The largest absolute Gasteiger partial charge is 1.00 e. The Kier molecular flexibility index (Phi) is 16.8. The summed E-state index contributed by atoms with van der Waals surface area (Å²) in [7, 11) is 13.4. The zero-order chi connectivity index (χ0) is 20.3. The molecule has 172 valence electrons. The van der Waals surface area contributed by atoms with Crippen LogP contribution in [-0.4, -0.2) is 57.9 Å². The summed E-state index contributed by atoms with van der Waals surface area (Å²) in [6.45, 7) is 5.14. The van der Waals surface area contributed by atoms with Gasteiger partial charge in [-0.15, -0.1) is 0 Å². The van der Waals surface area contributed by atoms with Crippen molar-refractivity contribution in [2.75, 3.05) is 48.9 Å². The molecule has 0 aliphatic carbocycles. The van der Waals surface area contributed by atoms with Gasteiger partial charge >= 0.3 is 0 Å². The molecule has 0 aliphatic heterocycles. The Balaban J connectivity index is 0. The van der Waals surface area contributed by atoms with E-state index in [1.54, 1.807) is 0 Å². The fourth-order valence-corrected chi connectivity index (χ4v) is 3.44. The second-order valence-electron chi connectivity index (χ2n) is 10.2. The van der Waals surface area contributed by atoms with Crippen LogP contribution in [-0.2, 0) is 13.1 Å². The summed E-state index contributed by atoms with van der Waals surface area (Å²) in [5.41, 5.74) is 2.69. The molecule has 0 saturated heterocycles. The number of halogens is 2. The third-order valence-electron chi connectivity index (χ3n) is 4.69. The lowest BCUT2D eigenvalue weighted by atomic mass is 10.1. The molecule has 0 spiro atoms. The summed E-state index contributed by atoms with van der Waals surface area (Å²) >= 11 is 0. The van der Waals surface area contributed by atoms with Crippen LogP contribution in [0.25, 0.3) is 0 Å². The average Bonchev–Trinajstić information content (AvgIpc) is 2.53. The van der Waals surface area contributed by atoms with Crippen molar-refractivity contribution in [1.29, 1.82) is 0 Å². The highest BCUT2D eigenvalue weighted by Crippen LogP contribution is 2.25. The third kappa shape index (κ3) is 16.3. The second kappa shape index (κ2) is 15.7. The van der Waals surface area contributed by atoms with E-state index in [0.29, 0.717) is 0 Å². The van der Waals surface area contributed by atoms with Gasteiger partial charge in [0.05, 0.1) is 48.9 Å². The second-order valence-corrected chi connectivity index (χ2v) is 10.2. The highest BCUT2D eigenvalue weighted by Gasteiger charge is 2.16. The Labute approximate surface area is 202 Å². The molecule has 0 radical (unpaired) electrons. The SMILES string of the molecule is CCCCCCCCCCOc1cc(C[N+](C)(C)C)ccc1C[N+](C)(C)C.[Br-].[Br-]. The molecular weight excluding hydrogens is 492 g/mol. The van der Waals surface area contributed by atoms with Crippen molar-refractivity contribution in [1.82, 2.24) is 0 Å². The molecule has 0 aliphatic rings. The molecule has 0 bridgehead atoms. The molecule has 0 aromatic heterocycles. The zero-order valence-electron chi connectivity index (χ0n) is 20.1. The quantitative estimate of drug-likeness (QED) is 0.232. The molecule has 0 fully saturated rings. The lowest BCUT2D eigenvalue weighted by Gasteiger charge is -2.27. The first-order valence-corrected chi connectivity index (χ1v) is 11.0. The topological polar surface area (TPSA) is 9.23 Å². The first-order chi connectivity index (χ1) is 12.6. The van der Waals surface area contributed by atoms with Crippen LogP contribution in [0.4, 0.5) is 0 Å². The van der Waals surface area contributed by atoms with E-state index in [9.17, 15) is 0 Å². The summed E-state index contributed by atoms with van der Waals surface area (Å²) in [6.07, 6.45) is 10.7. The van der Waals surface area contributed by atoms with E-state index in [2.05, 4.69) is 67.4 Å². The predicted molar refractivity (Wildman–Crippen MR) is 118 cm³/mol. The van der Waals surface area contributed by atoms with Gasteiger partial charge in [0.25, 0.3) is 0 Å². The van der Waals surface area contributed by atoms with Crippen molar-refractivity contribution in [2.24, 2.45) is 0 Å². The van der Waals surface area contributed by atoms with Gasteiger partial charge in [0.1, 0.15) is 18.8 Å². The van der Waals surface area contributed by atoms with Crippen LogP contribution in [0, 0.1) is 0 Å². The summed E-state index contributed by atoms with van der Waals surface area (Å²) in [5, 5.41) is 0. The number of hydrogen-bond donors (Lipinski definition) is 0. The Morgan fingerprint density at radius 3 is 1.72 bits per heavy atom. The minimum Gasteiger partial charge on any atom is -1.00 e. The van der Waals surface area contributed by atoms with Crippen LogP contribution in [0.3, 0.4) is 0 Å². The van der Waals surface area contributed by atoms with Crippen molar-refractivity contribution >= 4 is 0 Å². The molecule has 0 atom stereocenters. The van der Waals surface area contributed by atoms with Crippen LogP contribution in [0.5, 0.6) is 5.75 Å². The summed E-state index contributed by atoms with van der Waals surface area (Å²) in [5.74, 6) is 1.09. The van der Waals surface area contributed by atoms with Gasteiger partial charge in [-0.25, -0.2) is 0 Å². The number of ether oxygens (including phenoxy) is 1. The number of benzene rings is 1. The molecule has 1 aromatic carbocycles. The van der Waals surface area contributed by atoms with Crippen molar-refractivity contribution in [3.05, 3.63) is 29.3 Å². The van der Waals surface area contributed by atoms with Crippen LogP contribution >= 0.6 is 0 Å². The maximum absolute atomic E-state index is 6.27. The van der Waals surface area contributed by atoms with Crippen LogP contribution in [0.1, 0.15) is 69.4 Å². The number of nitrogens with zero attached hydrogens (tertiary/aromatic N) is 2. The van der Waals surface area contributed by atoms with E-state index >= 15 is 0 Å². The maximum atomic E-state index is 6.27. The molecular formula is C24H46Br2N2O. The summed E-state index contributed by atoms with van der Waals surface area (Å²) in [6, 6.07) is 6.83. The lowest BCUT2D eigenvalue weighted by molar-refractivity contribution is -0.884. The van der Waals surface area contributed by atoms with E-state index in [4.69, 9.17) is 4.74 Å². The van der Waals surface area contributed by atoms with Crippen LogP contribution in [0.2, 0.25) is 0 Å². The normalized spacial score (nSPS) is 11.6. The molecule has 1 aromatic rings. The Bertz CT molecular complexity index is 537. The van der Waals surface area contributed by atoms with Gasteiger partial charge in [-0.2, -0.15) is 0 Å². The van der Waals surface area contributed by atoms with Crippen molar-refractivity contribution < 1.29 is 47.7 Å². The number of quaternary nitrogens is 2. The van der Waals surface area contributed by atoms with Crippen molar-refractivity contribution in [3.63, 3.8) is 0 Å². The number of hydrogen-bond acceptors (Lipinski definition) is 1. The lowest BCUT2D eigenvalue weighted by Crippen LogP contribution is -3.00. The fourth-order valence-electron chi connectivity index (χ4n) is 3.44. The fraction of sp³-hybridized carbons (Fsp3) is 0.750. The van der Waals surface area contributed by atoms with Gasteiger partial charge in [-0.1, -0.05) is 57.9 Å². The molecule has 3 nitrogen and oxygen atoms in total. The predicted octanol–water partition coefficient (Wildman–Crippen LogP) is -0.373. The van der Waals surface area contributed by atoms with E-state index in [-0.39, 0.29) is 34.0 Å². The molecule has 0 amide bonds. The number of unbranched alkanes of at least 4 members (excludes halogenated alkanes) is 7. The first-order valence-electron chi connectivity index (χ1n) is 11.0. The molecule has 0 saturated carbocycles. The van der Waals surface area contributed by atoms with E-state index in [0.717, 1.165) is 40.8 Å². The van der Waals surface area contributed by atoms with Crippen LogP contribution in [0.15, 0.2) is 18.2 Å². The number of rotatable bonds is 14. The van der Waals surface area contributed by atoms with E-state index in [1.807, 2.05) is 0 Å². The third-order valence-corrected chi connectivity index (χ3v) is 4.69. The molecule has 0 unspecified atom stereocenters. The zero-order valence-corrected chi connectivity index (χ0v) is 23.2. The monoisotopic (exact) mass is 536 g/mol. The van der Waals surface area contributed by atoms with Gasteiger partial charge in [0.15, 0.2) is 0 Å². The summed E-state index contributed by atoms with van der Waals surface area (Å²) in [4.78, 5) is 0. The smallest absolute Gasteiger partial charge is 0.128 e. The van der Waals surface area contributed by atoms with Crippen molar-refractivity contribution in [3.8, 4) is 5.75 Å². The molecule has 0 N–H and O–H groups in total. The maximum Gasteiger partial charge on any atom is 0.128 e. The molecule has 5 heteroatoms. The molecule has 0 heterocycles. The Morgan fingerprint density at radius 2 is 1.21 bits per heavy atom. The van der Waals surface area contributed by atoms with Crippen LogP contribution < -0.4 is 38.7 Å². The molecule has 29 heavy (non-hydrogen) atoms. The summed E-state index contributed by atoms with van der Waals surface area (Å²) < 4.78 is 8.12. The highest BCUT2D eigenvalue weighted by atomic mass is 79.9.